The summed E-state index contributed by atoms with van der Waals surface area (Å²) >= 11 is 11.3. The van der Waals surface area contributed by atoms with Gasteiger partial charge in [0, 0.05) is 10.6 Å². The summed E-state index contributed by atoms with van der Waals surface area (Å²) in [6.45, 7) is 0.0376. The van der Waals surface area contributed by atoms with Gasteiger partial charge < -0.3 is 9.63 Å². The molecule has 1 aromatic heterocycles. The summed E-state index contributed by atoms with van der Waals surface area (Å²) in [7, 11) is 0. The van der Waals surface area contributed by atoms with Crippen LogP contribution < -0.4 is 5.56 Å². The highest BCUT2D eigenvalue weighted by molar-refractivity contribution is 6.30. The van der Waals surface area contributed by atoms with Crippen LogP contribution in [0, 0.1) is 0 Å². The lowest BCUT2D eigenvalue weighted by Crippen LogP contribution is -2.23. The first-order valence-corrected chi connectivity index (χ1v) is 6.22. The first-order valence-electron chi connectivity index (χ1n) is 5.31. The van der Waals surface area contributed by atoms with E-state index in [4.69, 9.17) is 27.7 Å². The molecule has 0 aliphatic rings. The Bertz CT molecular complexity index is 574. The van der Waals surface area contributed by atoms with Crippen molar-refractivity contribution in [3.05, 3.63) is 45.7 Å². The maximum atomic E-state index is 11.6. The van der Waals surface area contributed by atoms with Crippen molar-refractivity contribution in [1.29, 1.82) is 0 Å². The van der Waals surface area contributed by atoms with Crippen molar-refractivity contribution in [2.24, 2.45) is 0 Å². The Kier molecular flexibility index (Phi) is 4.11. The number of halogens is 2. The number of hydrogen-bond donors (Lipinski definition) is 1. The second-order valence-electron chi connectivity index (χ2n) is 3.81. The molecule has 0 amide bonds. The van der Waals surface area contributed by atoms with Gasteiger partial charge in [0.1, 0.15) is 0 Å². The molecule has 0 fully saturated rings. The molecule has 0 bridgehead atoms. The monoisotopic (exact) mass is 287 g/mol. The van der Waals surface area contributed by atoms with Gasteiger partial charge in [-0.1, -0.05) is 11.6 Å². The Morgan fingerprint density at radius 2 is 2.00 bits per heavy atom. The number of aliphatic hydroxyl groups excluding tert-OH is 1. The summed E-state index contributed by atoms with van der Waals surface area (Å²) in [6, 6.07) is 8.29. The van der Waals surface area contributed by atoms with Crippen molar-refractivity contribution in [3.63, 3.8) is 0 Å². The normalized spacial score (nSPS) is 12.6. The highest BCUT2D eigenvalue weighted by Gasteiger charge is 2.11. The third-order valence-electron chi connectivity index (χ3n) is 2.39. The van der Waals surface area contributed by atoms with Crippen LogP contribution in [0.3, 0.4) is 0 Å². The molecule has 18 heavy (non-hydrogen) atoms. The third-order valence-corrected chi connectivity index (χ3v) is 3.00. The molecule has 0 unspecified atom stereocenters. The number of aliphatic hydroxyl groups is 1. The fraction of sp³-hybridized carbons (Fsp3) is 0.250. The lowest BCUT2D eigenvalue weighted by Gasteiger charge is -2.05. The molecule has 0 aliphatic carbocycles. The molecule has 6 heteroatoms. The van der Waals surface area contributed by atoms with E-state index in [0.29, 0.717) is 10.8 Å². The molecular weight excluding hydrogens is 277 g/mol. The molecule has 1 N–H and O–H groups in total. The van der Waals surface area contributed by atoms with Gasteiger partial charge in [0.15, 0.2) is 5.76 Å². The standard InChI is InChI=1S/C12H11Cl2NO3/c13-6-10(16)7-15-12(17)5-11(18-15)8-1-3-9(14)4-2-8/h1-5,10,16H,6-7H2/t10-/m0/s1. The molecule has 4 nitrogen and oxygen atoms in total. The smallest absolute Gasteiger partial charge is 0.283 e. The van der Waals surface area contributed by atoms with Gasteiger partial charge in [-0.25, -0.2) is 0 Å². The zero-order valence-electron chi connectivity index (χ0n) is 9.35. The Hall–Kier alpha value is -1.23. The molecule has 0 aliphatic heterocycles. The number of rotatable bonds is 4. The maximum Gasteiger partial charge on any atom is 0.283 e. The van der Waals surface area contributed by atoms with Crippen LogP contribution in [0.25, 0.3) is 11.3 Å². The third kappa shape index (κ3) is 2.96. The Balaban J connectivity index is 2.28. The topological polar surface area (TPSA) is 55.4 Å². The molecule has 96 valence electrons. The molecule has 2 aromatic rings. The molecule has 1 atom stereocenters. The Labute approximate surface area is 113 Å². The van der Waals surface area contributed by atoms with E-state index >= 15 is 0 Å². The number of benzene rings is 1. The van der Waals surface area contributed by atoms with Crippen molar-refractivity contribution in [2.75, 3.05) is 5.88 Å². The van der Waals surface area contributed by atoms with Gasteiger partial charge in [0.2, 0.25) is 0 Å². The average Bonchev–Trinajstić information content (AvgIpc) is 2.71. The SMILES string of the molecule is O=c1cc(-c2ccc(Cl)cc2)on1C[C@@H](O)CCl. The molecule has 0 radical (unpaired) electrons. The molecule has 0 saturated carbocycles. The quantitative estimate of drug-likeness (QED) is 0.879. The minimum Gasteiger partial charge on any atom is -0.390 e. The van der Waals surface area contributed by atoms with Crippen LogP contribution in [0.2, 0.25) is 5.02 Å². The zero-order chi connectivity index (χ0) is 13.1. The first kappa shape index (κ1) is 13.2. The van der Waals surface area contributed by atoms with E-state index in [0.717, 1.165) is 10.3 Å². The van der Waals surface area contributed by atoms with Crippen molar-refractivity contribution in [3.8, 4) is 11.3 Å². The van der Waals surface area contributed by atoms with E-state index < -0.39 is 6.10 Å². The van der Waals surface area contributed by atoms with Crippen molar-refractivity contribution in [2.45, 2.75) is 12.6 Å². The fourth-order valence-corrected chi connectivity index (χ4v) is 1.72. The number of hydrogen-bond acceptors (Lipinski definition) is 3. The Morgan fingerprint density at radius 3 is 2.61 bits per heavy atom. The highest BCUT2D eigenvalue weighted by atomic mass is 35.5. The van der Waals surface area contributed by atoms with E-state index in [-0.39, 0.29) is 18.0 Å². The van der Waals surface area contributed by atoms with E-state index in [1.165, 1.54) is 6.07 Å². The van der Waals surface area contributed by atoms with Crippen molar-refractivity contribution >= 4 is 23.2 Å². The van der Waals surface area contributed by atoms with E-state index in [9.17, 15) is 9.90 Å². The van der Waals surface area contributed by atoms with Gasteiger partial charge in [-0.05, 0) is 24.3 Å². The number of nitrogens with zero attached hydrogens (tertiary/aromatic N) is 1. The highest BCUT2D eigenvalue weighted by Crippen LogP contribution is 2.20. The van der Waals surface area contributed by atoms with Crippen molar-refractivity contribution in [1.82, 2.24) is 4.74 Å². The average molecular weight is 288 g/mol. The predicted molar refractivity (Wildman–Crippen MR) is 70.1 cm³/mol. The summed E-state index contributed by atoms with van der Waals surface area (Å²) in [5.41, 5.74) is 0.430. The van der Waals surface area contributed by atoms with Gasteiger partial charge >= 0.3 is 0 Å². The molecular formula is C12H11Cl2NO3. The van der Waals surface area contributed by atoms with Crippen LogP contribution in [0.4, 0.5) is 0 Å². The minimum atomic E-state index is -0.811. The molecule has 2 rings (SSSR count). The van der Waals surface area contributed by atoms with E-state index in [1.807, 2.05) is 0 Å². The summed E-state index contributed by atoms with van der Waals surface area (Å²) < 4.78 is 6.44. The maximum absolute atomic E-state index is 11.6. The Morgan fingerprint density at radius 1 is 1.33 bits per heavy atom. The van der Waals surface area contributed by atoms with E-state index in [2.05, 4.69) is 0 Å². The lowest BCUT2D eigenvalue weighted by molar-refractivity contribution is 0.129. The molecule has 1 heterocycles. The minimum absolute atomic E-state index is 0.0376. The second-order valence-corrected chi connectivity index (χ2v) is 4.56. The number of alkyl halides is 1. The fourth-order valence-electron chi connectivity index (χ4n) is 1.49. The van der Waals surface area contributed by atoms with Gasteiger partial charge in [-0.3, -0.25) is 4.79 Å². The summed E-state index contributed by atoms with van der Waals surface area (Å²) in [5.74, 6) is 0.474. The lowest BCUT2D eigenvalue weighted by atomic mass is 10.2. The zero-order valence-corrected chi connectivity index (χ0v) is 10.9. The van der Waals surface area contributed by atoms with Gasteiger partial charge in [0.25, 0.3) is 5.56 Å². The molecule has 0 spiro atoms. The van der Waals surface area contributed by atoms with Gasteiger partial charge in [0.05, 0.1) is 24.6 Å². The second kappa shape index (κ2) is 5.61. The molecule has 1 aromatic carbocycles. The summed E-state index contributed by atoms with van der Waals surface area (Å²) in [4.78, 5) is 11.6. The number of aromatic nitrogens is 1. The van der Waals surface area contributed by atoms with Crippen LogP contribution in [-0.4, -0.2) is 21.8 Å². The molecule has 0 saturated heterocycles. The largest absolute Gasteiger partial charge is 0.390 e. The summed E-state index contributed by atoms with van der Waals surface area (Å²) in [6.07, 6.45) is -0.811. The van der Waals surface area contributed by atoms with Crippen LogP contribution in [0.1, 0.15) is 0 Å². The van der Waals surface area contributed by atoms with Gasteiger partial charge in [-0.2, -0.15) is 4.74 Å². The van der Waals surface area contributed by atoms with Crippen LogP contribution in [0.15, 0.2) is 39.6 Å². The first-order chi connectivity index (χ1) is 8.60. The van der Waals surface area contributed by atoms with Gasteiger partial charge in [-0.15, -0.1) is 11.6 Å². The van der Waals surface area contributed by atoms with Crippen molar-refractivity contribution < 1.29 is 9.63 Å². The van der Waals surface area contributed by atoms with Crippen LogP contribution >= 0.6 is 23.2 Å². The predicted octanol–water partition coefficient (Wildman–Crippen LogP) is 2.36. The summed E-state index contributed by atoms with van der Waals surface area (Å²) in [5, 5.41) is 9.99. The van der Waals surface area contributed by atoms with E-state index in [1.54, 1.807) is 24.3 Å². The van der Waals surface area contributed by atoms with Crippen LogP contribution in [0.5, 0.6) is 0 Å². The van der Waals surface area contributed by atoms with Crippen LogP contribution in [-0.2, 0) is 6.54 Å².